The zero-order chi connectivity index (χ0) is 25.1. The van der Waals surface area contributed by atoms with Crippen LogP contribution in [0.3, 0.4) is 0 Å². The Kier molecular flexibility index (Phi) is 6.78. The largest absolute Gasteiger partial charge is 0.507 e. The number of rotatable bonds is 7. The molecule has 0 bridgehead atoms. The maximum absolute atomic E-state index is 13.4. The molecule has 35 heavy (non-hydrogen) atoms. The van der Waals surface area contributed by atoms with Gasteiger partial charge < -0.3 is 19.7 Å². The van der Waals surface area contributed by atoms with E-state index in [2.05, 4.69) is 0 Å². The lowest BCUT2D eigenvalue weighted by molar-refractivity contribution is -0.132. The van der Waals surface area contributed by atoms with Crippen molar-refractivity contribution in [1.82, 2.24) is 0 Å². The molecule has 4 rings (SSSR count). The second kappa shape index (κ2) is 9.93. The van der Waals surface area contributed by atoms with E-state index >= 15 is 0 Å². The first-order chi connectivity index (χ1) is 16.9. The van der Waals surface area contributed by atoms with Crippen molar-refractivity contribution in [2.45, 2.75) is 26.8 Å². The van der Waals surface area contributed by atoms with E-state index in [1.807, 2.05) is 19.9 Å². The Bertz CT molecular complexity index is 1300. The number of ether oxygens (including phenoxy) is 2. The van der Waals surface area contributed by atoms with Crippen molar-refractivity contribution < 1.29 is 29.3 Å². The lowest BCUT2D eigenvalue weighted by atomic mass is 9.94. The van der Waals surface area contributed by atoms with Crippen LogP contribution in [0.25, 0.3) is 5.76 Å². The summed E-state index contributed by atoms with van der Waals surface area (Å²) in [5.74, 6) is -1.32. The molecule has 1 unspecified atom stereocenters. The average molecular weight is 474 g/mol. The van der Waals surface area contributed by atoms with Gasteiger partial charge in [0.15, 0.2) is 0 Å². The van der Waals surface area contributed by atoms with Crippen LogP contribution in [0.1, 0.15) is 36.6 Å². The molecule has 1 atom stereocenters. The third-order valence-corrected chi connectivity index (χ3v) is 5.77. The average Bonchev–Trinajstić information content (AvgIpc) is 3.12. The van der Waals surface area contributed by atoms with E-state index < -0.39 is 17.7 Å². The molecule has 0 spiro atoms. The van der Waals surface area contributed by atoms with Gasteiger partial charge in [0.2, 0.25) is 0 Å². The fourth-order valence-electron chi connectivity index (χ4n) is 4.23. The number of aromatic hydroxyl groups is 1. The second-order valence-electron chi connectivity index (χ2n) is 8.10. The topological polar surface area (TPSA) is 96.3 Å². The van der Waals surface area contributed by atoms with Crippen molar-refractivity contribution in [3.8, 4) is 17.2 Å². The van der Waals surface area contributed by atoms with Gasteiger partial charge in [-0.3, -0.25) is 14.5 Å². The third kappa shape index (κ3) is 4.45. The molecule has 0 saturated carbocycles. The van der Waals surface area contributed by atoms with Gasteiger partial charge in [0.25, 0.3) is 11.7 Å². The third-order valence-electron chi connectivity index (χ3n) is 5.77. The summed E-state index contributed by atoms with van der Waals surface area (Å²) < 4.78 is 11.3. The quantitative estimate of drug-likeness (QED) is 0.281. The minimum Gasteiger partial charge on any atom is -0.507 e. The Morgan fingerprint density at radius 1 is 0.943 bits per heavy atom. The summed E-state index contributed by atoms with van der Waals surface area (Å²) in [7, 11) is 0. The fourth-order valence-corrected chi connectivity index (χ4v) is 4.23. The van der Waals surface area contributed by atoms with E-state index in [9.17, 15) is 19.8 Å². The van der Waals surface area contributed by atoms with Crippen LogP contribution < -0.4 is 14.4 Å². The van der Waals surface area contributed by atoms with Crippen molar-refractivity contribution in [1.29, 1.82) is 0 Å². The van der Waals surface area contributed by atoms with Gasteiger partial charge in [-0.2, -0.15) is 0 Å². The number of aliphatic hydroxyl groups excluding tert-OH is 1. The van der Waals surface area contributed by atoms with Crippen molar-refractivity contribution in [3.63, 3.8) is 0 Å². The monoisotopic (exact) mass is 473 g/mol. The Hall–Kier alpha value is -4.26. The summed E-state index contributed by atoms with van der Waals surface area (Å²) >= 11 is 0. The zero-order valence-electron chi connectivity index (χ0n) is 19.8. The number of hydrogen-bond donors (Lipinski definition) is 2. The number of anilines is 1. The number of benzene rings is 3. The van der Waals surface area contributed by atoms with E-state index in [-0.39, 0.29) is 28.3 Å². The minimum absolute atomic E-state index is 0.0905. The zero-order valence-corrected chi connectivity index (χ0v) is 19.8. The van der Waals surface area contributed by atoms with Crippen LogP contribution in [0.5, 0.6) is 17.2 Å². The van der Waals surface area contributed by atoms with E-state index in [0.29, 0.717) is 30.3 Å². The SMILES string of the molecule is CCOc1ccc(/C(O)=C2/C(=O)C(=O)N(c3cc(C)ccc3O)C2c2ccccc2)c(OCC)c1. The van der Waals surface area contributed by atoms with E-state index in [0.717, 1.165) is 5.56 Å². The van der Waals surface area contributed by atoms with Crippen molar-refractivity contribution in [3.05, 3.63) is 89.0 Å². The van der Waals surface area contributed by atoms with Gasteiger partial charge in [0.1, 0.15) is 23.0 Å². The number of nitrogens with zero attached hydrogens (tertiary/aromatic N) is 1. The van der Waals surface area contributed by atoms with Gasteiger partial charge in [-0.25, -0.2) is 0 Å². The van der Waals surface area contributed by atoms with Crippen LogP contribution in [-0.4, -0.2) is 35.1 Å². The minimum atomic E-state index is -0.954. The number of Topliss-reactive ketones (excluding diaryl/α,β-unsaturated/α-hetero) is 1. The van der Waals surface area contributed by atoms with Crippen molar-refractivity contribution in [2.75, 3.05) is 18.1 Å². The molecule has 2 N–H and O–H groups in total. The van der Waals surface area contributed by atoms with E-state index in [1.165, 1.54) is 11.0 Å². The number of phenols is 1. The van der Waals surface area contributed by atoms with Crippen LogP contribution in [-0.2, 0) is 9.59 Å². The van der Waals surface area contributed by atoms with Gasteiger partial charge in [0.05, 0.1) is 36.1 Å². The normalized spacial score (nSPS) is 17.0. The number of hydrogen-bond acceptors (Lipinski definition) is 6. The molecule has 1 aliphatic heterocycles. The Morgan fingerprint density at radius 3 is 2.34 bits per heavy atom. The highest BCUT2D eigenvalue weighted by Gasteiger charge is 2.48. The first kappa shape index (κ1) is 23.9. The first-order valence-electron chi connectivity index (χ1n) is 11.4. The summed E-state index contributed by atoms with van der Waals surface area (Å²) in [6, 6.07) is 17.7. The molecule has 0 aromatic heterocycles. The summed E-state index contributed by atoms with van der Waals surface area (Å²) in [4.78, 5) is 27.9. The molecule has 3 aromatic rings. The lowest BCUT2D eigenvalue weighted by Crippen LogP contribution is -2.29. The van der Waals surface area contributed by atoms with E-state index in [4.69, 9.17) is 9.47 Å². The molecular formula is C28H27NO6. The maximum atomic E-state index is 13.4. The van der Waals surface area contributed by atoms with Gasteiger partial charge in [-0.05, 0) is 56.2 Å². The van der Waals surface area contributed by atoms with Crippen LogP contribution >= 0.6 is 0 Å². The highest BCUT2D eigenvalue weighted by molar-refractivity contribution is 6.52. The second-order valence-corrected chi connectivity index (χ2v) is 8.10. The molecule has 3 aromatic carbocycles. The molecule has 0 radical (unpaired) electrons. The van der Waals surface area contributed by atoms with Crippen LogP contribution in [0.15, 0.2) is 72.3 Å². The van der Waals surface area contributed by atoms with Gasteiger partial charge in [0, 0.05) is 6.07 Å². The van der Waals surface area contributed by atoms with Crippen LogP contribution in [0.4, 0.5) is 5.69 Å². The molecular weight excluding hydrogens is 446 g/mol. The smallest absolute Gasteiger partial charge is 0.300 e. The Labute approximate surface area is 203 Å². The molecule has 1 amide bonds. The Morgan fingerprint density at radius 2 is 1.66 bits per heavy atom. The molecule has 0 aliphatic carbocycles. The predicted molar refractivity (Wildman–Crippen MR) is 133 cm³/mol. The maximum Gasteiger partial charge on any atom is 0.300 e. The molecule has 7 nitrogen and oxygen atoms in total. The standard InChI is InChI=1S/C28H27NO6/c1-4-34-19-12-13-20(23(16-19)35-5-2)26(31)24-25(18-9-7-6-8-10-18)29(28(33)27(24)32)21-15-17(3)11-14-22(21)30/h6-16,25,30-31H,4-5H2,1-3H3/b26-24-. The summed E-state index contributed by atoms with van der Waals surface area (Å²) in [5.41, 5.74) is 1.78. The molecule has 1 fully saturated rings. The summed E-state index contributed by atoms with van der Waals surface area (Å²) in [6.45, 7) is 6.27. The van der Waals surface area contributed by atoms with Crippen LogP contribution in [0.2, 0.25) is 0 Å². The number of aryl methyl sites for hydroxylation is 1. The van der Waals surface area contributed by atoms with Crippen LogP contribution in [0, 0.1) is 6.92 Å². The molecule has 180 valence electrons. The number of phenolic OH excluding ortho intramolecular Hbond substituents is 1. The molecule has 1 saturated heterocycles. The molecule has 7 heteroatoms. The number of ketones is 1. The number of amides is 1. The highest BCUT2D eigenvalue weighted by Crippen LogP contribution is 2.46. The first-order valence-corrected chi connectivity index (χ1v) is 11.4. The fraction of sp³-hybridized carbons (Fsp3) is 0.214. The Balaban J connectivity index is 1.96. The lowest BCUT2D eigenvalue weighted by Gasteiger charge is -2.26. The number of aliphatic hydroxyl groups is 1. The van der Waals surface area contributed by atoms with Gasteiger partial charge in [-0.15, -0.1) is 0 Å². The van der Waals surface area contributed by atoms with Crippen molar-refractivity contribution in [2.24, 2.45) is 0 Å². The highest BCUT2D eigenvalue weighted by atomic mass is 16.5. The number of carbonyl (C=O) groups excluding carboxylic acids is 2. The van der Waals surface area contributed by atoms with Gasteiger partial charge >= 0.3 is 0 Å². The van der Waals surface area contributed by atoms with E-state index in [1.54, 1.807) is 61.5 Å². The van der Waals surface area contributed by atoms with Crippen molar-refractivity contribution >= 4 is 23.1 Å². The summed E-state index contributed by atoms with van der Waals surface area (Å²) in [5, 5.41) is 22.0. The molecule has 1 heterocycles. The predicted octanol–water partition coefficient (Wildman–Crippen LogP) is 5.12. The van der Waals surface area contributed by atoms with Gasteiger partial charge in [-0.1, -0.05) is 36.4 Å². The molecule has 1 aliphatic rings. The summed E-state index contributed by atoms with van der Waals surface area (Å²) in [6.07, 6.45) is 0. The number of carbonyl (C=O) groups is 2.